The lowest BCUT2D eigenvalue weighted by molar-refractivity contribution is -0.277. The molecule has 0 unspecified atom stereocenters. The van der Waals surface area contributed by atoms with Crippen molar-refractivity contribution in [3.8, 4) is 57.1 Å². The smallest absolute Gasteiger partial charge is 0.412 e. The second kappa shape index (κ2) is 34.1. The quantitative estimate of drug-likeness (QED) is 0.0379. The Labute approximate surface area is 602 Å². The predicted molar refractivity (Wildman–Crippen MR) is 370 cm³/mol. The Morgan fingerprint density at radius 2 is 1.33 bits per heavy atom. The summed E-state index contributed by atoms with van der Waals surface area (Å²) >= 11 is 14.1. The average Bonchev–Trinajstić information content (AvgIpc) is 0.765. The standard InChI is InChI=1S/C73H86Cl2N6O22/c1-7-9-10-11-18-77-73(98)99-40-28-43-57(47(84)29-40)42-21-35(12-15-46(42)83)41-30-50(87)58-38-25-53(100-51-16-13-36(22-44(51)74)62(89)60(80-68(94)34(8-2)19-32(3)4)49(86)24-39(27-56(76)88)69(95)78-58)67(103-72-66(93)65(92)64(91)55(31-82)102-72)54(26-38)101-52-17-14-37(23-45(52)75)63(90)61(81-70(41)96)71(97)79-59(43)48(85)20-33(5)6/h12-17,21-23,25-26,28-29,32-34,39,41,55,58-66,72,82-84,89-93H,7-11,18-20,24,27,30-31H2,1-6H3,(H2,76,88)(H,77,98)(H,78,95)(H,79,97)(H,80,94)(H,81,96)/t34-,39+,41-,55-,58-,59+,60+,61+,62-,63-,64-,65+,66-,72+/m1/s1. The highest BCUT2D eigenvalue weighted by molar-refractivity contribution is 6.32. The monoisotopic (exact) mass is 1470 g/mol. The van der Waals surface area contributed by atoms with Gasteiger partial charge in [0.25, 0.3) is 0 Å². The maximum absolute atomic E-state index is 16.2. The Kier molecular flexibility index (Phi) is 25.9. The van der Waals surface area contributed by atoms with E-state index in [1.54, 1.807) is 20.8 Å². The van der Waals surface area contributed by atoms with Crippen LogP contribution in [0.4, 0.5) is 4.79 Å². The van der Waals surface area contributed by atoms with Crippen LogP contribution >= 0.6 is 23.2 Å². The fraction of sp³-hybridized carbons (Fsp3) is 0.466. The number of phenols is 2. The van der Waals surface area contributed by atoms with Gasteiger partial charge in [-0.05, 0) is 114 Å². The lowest BCUT2D eigenvalue weighted by Crippen LogP contribution is -2.60. The summed E-state index contributed by atoms with van der Waals surface area (Å²) in [6.07, 6.45) is -14.0. The number of nitrogens with one attached hydrogen (secondary N) is 5. The van der Waals surface area contributed by atoms with Crippen LogP contribution in [0.2, 0.25) is 10.0 Å². The van der Waals surface area contributed by atoms with Gasteiger partial charge in [-0.15, -0.1) is 0 Å². The number of hydrogen-bond donors (Lipinski definition) is 14. The molecule has 0 aromatic heterocycles. The van der Waals surface area contributed by atoms with E-state index in [0.717, 1.165) is 49.6 Å². The van der Waals surface area contributed by atoms with E-state index in [2.05, 4.69) is 26.6 Å². The van der Waals surface area contributed by atoms with E-state index >= 15 is 19.2 Å². The molecule has 0 radical (unpaired) electrons. The van der Waals surface area contributed by atoms with E-state index in [1.807, 2.05) is 20.8 Å². The van der Waals surface area contributed by atoms with Crippen molar-refractivity contribution in [2.45, 2.75) is 179 Å². The number of primary amides is 1. The van der Waals surface area contributed by atoms with Gasteiger partial charge in [-0.1, -0.05) is 102 Å². The molecular formula is C73H86Cl2N6O22. The highest BCUT2D eigenvalue weighted by Crippen LogP contribution is 2.50. The summed E-state index contributed by atoms with van der Waals surface area (Å²) in [5.74, 6) is -17.1. The van der Waals surface area contributed by atoms with Gasteiger partial charge >= 0.3 is 6.09 Å². The summed E-state index contributed by atoms with van der Waals surface area (Å²) in [6, 6.07) is 7.17. The van der Waals surface area contributed by atoms with Gasteiger partial charge in [-0.3, -0.25) is 38.4 Å². The third-order valence-electron chi connectivity index (χ3n) is 18.4. The zero-order valence-electron chi connectivity index (χ0n) is 57.4. The number of ether oxygens (including phenoxy) is 5. The van der Waals surface area contributed by atoms with Gasteiger partial charge in [0.15, 0.2) is 28.8 Å². The molecule has 5 aromatic rings. The highest BCUT2D eigenvalue weighted by Gasteiger charge is 2.47. The molecule has 0 aliphatic carbocycles. The predicted octanol–water partition coefficient (Wildman–Crippen LogP) is 6.78. The van der Waals surface area contributed by atoms with Crippen molar-refractivity contribution in [2.75, 3.05) is 13.2 Å². The van der Waals surface area contributed by atoms with Crippen molar-refractivity contribution < 1.29 is 108 Å². The number of phenolic OH excluding ortho intramolecular Hbond substituents is 2. The molecular weight excluding hydrogens is 1380 g/mol. The summed E-state index contributed by atoms with van der Waals surface area (Å²) in [5.41, 5.74) is 4.12. The first kappa shape index (κ1) is 78.2. The SMILES string of the molecule is CCCCCCNC(=O)Oc1cc(O)c2c(c1)[C@@H](C(=O)CC(C)C)NC(=O)[C@H]1NC(=O)[C@H](CC(=O)[C@@H]3NC(=O)[C@H](CC(N)=O)CC(=O)[C@H](NC(=O)[C@H](CC)CC(C)C)[C@H](O)c4ccc(c(Cl)c4)Oc4cc3cc(c4O[C@@H]3O[C@H](CO)[C@@H](O)[C@H](O)[C@H]3O)Oc3ccc(cc3Cl)[C@H]1O)c1ccc(O)c-2c1. The topological polar surface area (TPSA) is 448 Å². The van der Waals surface area contributed by atoms with Crippen LogP contribution in [0.1, 0.15) is 164 Å². The van der Waals surface area contributed by atoms with E-state index in [-0.39, 0.29) is 91.0 Å². The molecule has 5 aromatic carbocycles. The van der Waals surface area contributed by atoms with Gasteiger partial charge in [0.2, 0.25) is 41.6 Å². The molecule has 0 saturated carbocycles. The second-order valence-corrected chi connectivity index (χ2v) is 27.9. The van der Waals surface area contributed by atoms with Gasteiger partial charge in [0, 0.05) is 55.3 Å². The van der Waals surface area contributed by atoms with Crippen LogP contribution in [-0.2, 0) is 43.1 Å². The molecule has 0 spiro atoms. The van der Waals surface area contributed by atoms with Crippen LogP contribution in [0.3, 0.4) is 0 Å². The molecule has 554 valence electrons. The minimum Gasteiger partial charge on any atom is -0.507 e. The van der Waals surface area contributed by atoms with Crippen LogP contribution in [-0.4, -0.2) is 150 Å². The Morgan fingerprint density at radius 1 is 0.680 bits per heavy atom. The first-order valence-electron chi connectivity index (χ1n) is 34.1. The van der Waals surface area contributed by atoms with Crippen molar-refractivity contribution in [1.29, 1.82) is 0 Å². The van der Waals surface area contributed by atoms with E-state index in [0.29, 0.717) is 19.3 Å². The number of nitrogens with two attached hydrogens (primary N) is 1. The summed E-state index contributed by atoms with van der Waals surface area (Å²) in [5, 5.41) is 105. The third-order valence-corrected chi connectivity index (χ3v) is 19.0. The number of carbonyl (C=O) groups excluding carboxylic acids is 9. The number of ketones is 3. The molecule has 103 heavy (non-hydrogen) atoms. The number of aliphatic hydroxyl groups is 6. The van der Waals surface area contributed by atoms with Crippen molar-refractivity contribution in [2.24, 2.45) is 29.4 Å². The first-order chi connectivity index (χ1) is 48.9. The molecule has 14 atom stereocenters. The number of aromatic hydroxyl groups is 2. The number of carbonyl (C=O) groups is 9. The Hall–Kier alpha value is -8.97. The molecule has 11 rings (SSSR count). The van der Waals surface area contributed by atoms with E-state index in [1.165, 1.54) is 48.5 Å². The molecule has 1 fully saturated rings. The maximum Gasteiger partial charge on any atom is 0.412 e. The Bertz CT molecular complexity index is 4040. The van der Waals surface area contributed by atoms with Crippen LogP contribution in [0.5, 0.6) is 46.0 Å². The molecule has 30 heteroatoms. The number of aliphatic hydroxyl groups excluding tert-OH is 6. The molecule has 6 aliphatic heterocycles. The average molecular weight is 1470 g/mol. The summed E-state index contributed by atoms with van der Waals surface area (Å²) in [7, 11) is 0. The van der Waals surface area contributed by atoms with Gasteiger partial charge in [0.05, 0.1) is 28.5 Å². The molecule has 15 N–H and O–H groups in total. The van der Waals surface area contributed by atoms with Crippen LogP contribution < -0.4 is 51.3 Å². The van der Waals surface area contributed by atoms with E-state index in [4.69, 9.17) is 52.6 Å². The lowest BCUT2D eigenvalue weighted by Gasteiger charge is -2.39. The van der Waals surface area contributed by atoms with Crippen molar-refractivity contribution in [1.82, 2.24) is 26.6 Å². The fourth-order valence-electron chi connectivity index (χ4n) is 13.0. The molecule has 11 bridgehead atoms. The van der Waals surface area contributed by atoms with Crippen molar-refractivity contribution in [3.05, 3.63) is 117 Å². The van der Waals surface area contributed by atoms with Gasteiger partial charge in [-0.25, -0.2) is 4.79 Å². The third kappa shape index (κ3) is 18.3. The fourth-order valence-corrected chi connectivity index (χ4v) is 13.4. The van der Waals surface area contributed by atoms with Gasteiger partial charge in [-0.2, -0.15) is 0 Å². The maximum atomic E-state index is 16.2. The normalized spacial score (nSPS) is 24.7. The van der Waals surface area contributed by atoms with Gasteiger partial charge < -0.3 is 96.9 Å². The first-order valence-corrected chi connectivity index (χ1v) is 34.8. The molecule has 6 aliphatic rings. The molecule has 1 saturated heterocycles. The Balaban J connectivity index is 1.30. The molecule has 28 nitrogen and oxygen atoms in total. The number of fused-ring (bicyclic) bond motifs is 15. The number of rotatable bonds is 19. The lowest BCUT2D eigenvalue weighted by atomic mass is 9.84. The Morgan fingerprint density at radius 3 is 1.93 bits per heavy atom. The number of unbranched alkanes of at least 4 members (excludes halogenated alkanes) is 3. The van der Waals surface area contributed by atoms with Crippen LogP contribution in [0.25, 0.3) is 11.1 Å². The number of halogens is 2. The number of Topliss-reactive ketones (excluding diaryl/α,β-unsaturated/α-hetero) is 3. The minimum absolute atomic E-state index is 0.00147. The summed E-state index contributed by atoms with van der Waals surface area (Å²) < 4.78 is 30.9. The summed E-state index contributed by atoms with van der Waals surface area (Å²) in [6.45, 7) is 10.2. The number of benzene rings is 5. The second-order valence-electron chi connectivity index (χ2n) is 27.1. The summed E-state index contributed by atoms with van der Waals surface area (Å²) in [4.78, 5) is 133. The van der Waals surface area contributed by atoms with Gasteiger partial charge in [0.1, 0.15) is 89.5 Å². The number of amides is 6. The highest BCUT2D eigenvalue weighted by atomic mass is 35.5. The van der Waals surface area contributed by atoms with Crippen molar-refractivity contribution in [3.63, 3.8) is 0 Å². The van der Waals surface area contributed by atoms with E-state index in [9.17, 15) is 64.8 Å². The zero-order chi connectivity index (χ0) is 75.0. The largest absolute Gasteiger partial charge is 0.507 e. The van der Waals surface area contributed by atoms with E-state index < -0.39 is 192 Å². The van der Waals surface area contributed by atoms with Crippen LogP contribution in [0.15, 0.2) is 78.9 Å². The molecule has 6 heterocycles. The number of hydrogen-bond acceptors (Lipinski definition) is 22. The minimum atomic E-state index is -2.15. The van der Waals surface area contributed by atoms with Crippen molar-refractivity contribution >= 4 is 76.2 Å². The van der Waals surface area contributed by atoms with Crippen LogP contribution in [0, 0.1) is 23.7 Å². The zero-order valence-corrected chi connectivity index (χ0v) is 58.9. The molecule has 6 amide bonds.